The molecule has 0 aliphatic carbocycles. The third-order valence-electron chi connectivity index (χ3n) is 5.51. The van der Waals surface area contributed by atoms with E-state index in [1.165, 1.54) is 6.26 Å². The predicted molar refractivity (Wildman–Crippen MR) is 119 cm³/mol. The number of anilines is 1. The Hall–Kier alpha value is -2.94. The molecule has 1 aromatic carbocycles. The highest BCUT2D eigenvalue weighted by Crippen LogP contribution is 2.15. The molecule has 0 bridgehead atoms. The van der Waals surface area contributed by atoms with E-state index in [1.807, 2.05) is 40.9 Å². The minimum atomic E-state index is -0.195. The average Bonchev–Trinajstić information content (AvgIpc) is 3.35. The summed E-state index contributed by atoms with van der Waals surface area (Å²) in [5, 5.41) is 2.89. The fourth-order valence-corrected chi connectivity index (χ4v) is 4.58. The highest BCUT2D eigenvalue weighted by molar-refractivity contribution is 7.99. The Labute approximate surface area is 185 Å². The van der Waals surface area contributed by atoms with Gasteiger partial charge >= 0.3 is 6.03 Å². The number of piperazine rings is 1. The first-order valence-corrected chi connectivity index (χ1v) is 11.6. The summed E-state index contributed by atoms with van der Waals surface area (Å²) in [6, 6.07) is 10.5. The van der Waals surface area contributed by atoms with Crippen LogP contribution < -0.4 is 5.32 Å². The normalized spacial score (nSPS) is 16.8. The van der Waals surface area contributed by atoms with Crippen LogP contribution in [0.4, 0.5) is 10.5 Å². The van der Waals surface area contributed by atoms with E-state index >= 15 is 0 Å². The van der Waals surface area contributed by atoms with Crippen molar-refractivity contribution < 1.29 is 18.8 Å². The first-order valence-electron chi connectivity index (χ1n) is 10.4. The molecule has 8 nitrogen and oxygen atoms in total. The molecule has 0 radical (unpaired) electrons. The first kappa shape index (κ1) is 21.3. The summed E-state index contributed by atoms with van der Waals surface area (Å²) in [6.45, 7) is 3.47. The molecule has 0 spiro atoms. The van der Waals surface area contributed by atoms with Crippen LogP contribution in [-0.4, -0.2) is 83.3 Å². The minimum Gasteiger partial charge on any atom is -0.459 e. The van der Waals surface area contributed by atoms with Crippen LogP contribution in [-0.2, 0) is 11.2 Å². The average molecular weight is 443 g/mol. The third-order valence-corrected chi connectivity index (χ3v) is 6.45. The molecule has 2 aliphatic rings. The van der Waals surface area contributed by atoms with Gasteiger partial charge in [0, 0.05) is 56.5 Å². The van der Waals surface area contributed by atoms with Gasteiger partial charge in [0.15, 0.2) is 5.76 Å². The lowest BCUT2D eigenvalue weighted by Crippen LogP contribution is -2.51. The van der Waals surface area contributed by atoms with E-state index in [-0.39, 0.29) is 17.8 Å². The van der Waals surface area contributed by atoms with Crippen molar-refractivity contribution in [3.63, 3.8) is 0 Å². The zero-order valence-electron chi connectivity index (χ0n) is 17.3. The molecule has 2 aromatic rings. The number of benzene rings is 1. The van der Waals surface area contributed by atoms with Crippen LogP contribution in [0.1, 0.15) is 16.1 Å². The van der Waals surface area contributed by atoms with Gasteiger partial charge < -0.3 is 24.4 Å². The zero-order chi connectivity index (χ0) is 21.6. The van der Waals surface area contributed by atoms with Gasteiger partial charge in [-0.3, -0.25) is 9.59 Å². The Morgan fingerprint density at radius 1 is 0.871 bits per heavy atom. The Kier molecular flexibility index (Phi) is 6.81. The summed E-state index contributed by atoms with van der Waals surface area (Å²) in [5.41, 5.74) is 1.62. The van der Waals surface area contributed by atoms with Crippen LogP contribution >= 0.6 is 11.8 Å². The largest absolute Gasteiger partial charge is 0.459 e. The lowest BCUT2D eigenvalue weighted by molar-refractivity contribution is -0.130. The van der Waals surface area contributed by atoms with Crippen LogP contribution in [0.25, 0.3) is 0 Å². The topological polar surface area (TPSA) is 86.1 Å². The number of hydrogen-bond donors (Lipinski definition) is 1. The zero-order valence-corrected chi connectivity index (χ0v) is 18.1. The van der Waals surface area contributed by atoms with Gasteiger partial charge in [-0.1, -0.05) is 12.1 Å². The summed E-state index contributed by atoms with van der Waals surface area (Å²) in [4.78, 5) is 42.6. The van der Waals surface area contributed by atoms with Crippen molar-refractivity contribution in [2.75, 3.05) is 56.1 Å². The van der Waals surface area contributed by atoms with Crippen LogP contribution in [0.2, 0.25) is 0 Å². The molecule has 31 heavy (non-hydrogen) atoms. The number of nitrogens with zero attached hydrogens (tertiary/aromatic N) is 3. The molecule has 1 aromatic heterocycles. The van der Waals surface area contributed by atoms with Gasteiger partial charge in [-0.2, -0.15) is 11.8 Å². The van der Waals surface area contributed by atoms with Gasteiger partial charge in [-0.05, 0) is 29.8 Å². The van der Waals surface area contributed by atoms with Gasteiger partial charge in [0.25, 0.3) is 5.91 Å². The van der Waals surface area contributed by atoms with Crippen molar-refractivity contribution >= 4 is 35.3 Å². The number of rotatable bonds is 4. The lowest BCUT2D eigenvalue weighted by atomic mass is 10.1. The molecule has 0 saturated carbocycles. The Morgan fingerprint density at radius 2 is 1.55 bits per heavy atom. The smallest absolute Gasteiger partial charge is 0.321 e. The Bertz CT molecular complexity index is 902. The van der Waals surface area contributed by atoms with Crippen molar-refractivity contribution in [3.8, 4) is 0 Å². The van der Waals surface area contributed by atoms with Crippen LogP contribution in [0.15, 0.2) is 47.1 Å². The quantitative estimate of drug-likeness (QED) is 0.786. The second-order valence-corrected chi connectivity index (χ2v) is 8.78. The number of hydrogen-bond acceptors (Lipinski definition) is 5. The first-order chi connectivity index (χ1) is 15.1. The van der Waals surface area contributed by atoms with Crippen LogP contribution in [0, 0.1) is 0 Å². The van der Waals surface area contributed by atoms with E-state index in [1.54, 1.807) is 21.9 Å². The monoisotopic (exact) mass is 442 g/mol. The summed E-state index contributed by atoms with van der Waals surface area (Å²) in [7, 11) is 0. The fraction of sp³-hybridized carbons (Fsp3) is 0.409. The van der Waals surface area contributed by atoms with Gasteiger partial charge in [0.1, 0.15) is 0 Å². The maximum Gasteiger partial charge on any atom is 0.321 e. The number of furan rings is 1. The number of carbonyl (C=O) groups is 3. The van der Waals surface area contributed by atoms with E-state index in [9.17, 15) is 14.4 Å². The number of urea groups is 1. The second kappa shape index (κ2) is 9.91. The summed E-state index contributed by atoms with van der Waals surface area (Å²) in [6.07, 6.45) is 1.86. The molecule has 4 amide bonds. The molecule has 9 heteroatoms. The highest BCUT2D eigenvalue weighted by atomic mass is 32.2. The van der Waals surface area contributed by atoms with E-state index in [4.69, 9.17) is 4.42 Å². The predicted octanol–water partition coefficient (Wildman–Crippen LogP) is 2.39. The van der Waals surface area contributed by atoms with Gasteiger partial charge in [-0.25, -0.2) is 4.79 Å². The number of carbonyl (C=O) groups excluding carboxylic acids is 3. The molecule has 1 N–H and O–H groups in total. The van der Waals surface area contributed by atoms with Crippen molar-refractivity contribution in [2.24, 2.45) is 0 Å². The highest BCUT2D eigenvalue weighted by Gasteiger charge is 2.26. The van der Waals surface area contributed by atoms with E-state index in [0.717, 1.165) is 30.2 Å². The Morgan fingerprint density at radius 3 is 2.19 bits per heavy atom. The summed E-state index contributed by atoms with van der Waals surface area (Å²) >= 11 is 1.88. The van der Waals surface area contributed by atoms with E-state index in [0.29, 0.717) is 44.0 Å². The molecule has 0 atom stereocenters. The molecule has 2 saturated heterocycles. The Balaban J connectivity index is 1.24. The minimum absolute atomic E-state index is 0.152. The van der Waals surface area contributed by atoms with E-state index < -0.39 is 0 Å². The maximum absolute atomic E-state index is 12.6. The van der Waals surface area contributed by atoms with Gasteiger partial charge in [0.2, 0.25) is 5.91 Å². The number of nitrogens with one attached hydrogen (secondary N) is 1. The third kappa shape index (κ3) is 5.41. The summed E-state index contributed by atoms with van der Waals surface area (Å²) in [5.74, 6) is 2.32. The SMILES string of the molecule is O=C(Cc1ccc(NC(=O)N2CCN(C(=O)c3ccco3)CC2)cc1)N1CCSCC1. The van der Waals surface area contributed by atoms with Crippen molar-refractivity contribution in [1.82, 2.24) is 14.7 Å². The molecule has 164 valence electrons. The standard InChI is InChI=1S/C22H26N4O4S/c27-20(24-11-14-31-15-12-24)16-17-3-5-18(6-4-17)23-22(29)26-9-7-25(8-10-26)21(28)19-2-1-13-30-19/h1-6,13H,7-12,14-16H2,(H,23,29). The van der Waals surface area contributed by atoms with Gasteiger partial charge in [0.05, 0.1) is 12.7 Å². The molecule has 0 unspecified atom stereocenters. The lowest BCUT2D eigenvalue weighted by Gasteiger charge is -2.34. The van der Waals surface area contributed by atoms with Gasteiger partial charge in [-0.15, -0.1) is 0 Å². The van der Waals surface area contributed by atoms with E-state index in [2.05, 4.69) is 5.32 Å². The summed E-state index contributed by atoms with van der Waals surface area (Å²) < 4.78 is 5.16. The van der Waals surface area contributed by atoms with Crippen LogP contribution in [0.3, 0.4) is 0 Å². The molecular weight excluding hydrogens is 416 g/mol. The number of thioether (sulfide) groups is 1. The molecule has 2 fully saturated rings. The van der Waals surface area contributed by atoms with Crippen molar-refractivity contribution in [1.29, 1.82) is 0 Å². The molecule has 3 heterocycles. The van der Waals surface area contributed by atoms with Crippen molar-refractivity contribution in [3.05, 3.63) is 54.0 Å². The fourth-order valence-electron chi connectivity index (χ4n) is 3.68. The molecule has 4 rings (SSSR count). The maximum atomic E-state index is 12.6. The molecular formula is C22H26N4O4S. The second-order valence-electron chi connectivity index (χ2n) is 7.55. The van der Waals surface area contributed by atoms with Crippen molar-refractivity contribution in [2.45, 2.75) is 6.42 Å². The van der Waals surface area contributed by atoms with Crippen LogP contribution in [0.5, 0.6) is 0 Å². The molecule has 2 aliphatic heterocycles. The number of amides is 4.